The maximum Gasteiger partial charge on any atom is 0.284 e. The molecule has 0 aliphatic carbocycles. The molecule has 0 unspecified atom stereocenters. The normalized spacial score (nSPS) is 11.4. The summed E-state index contributed by atoms with van der Waals surface area (Å²) in [7, 11) is 1.92. The Hall–Kier alpha value is -3.87. The summed E-state index contributed by atoms with van der Waals surface area (Å²) in [5.74, 6) is -0.249. The zero-order valence-corrected chi connectivity index (χ0v) is 19.3. The molecule has 1 amide bonds. The van der Waals surface area contributed by atoms with E-state index in [1.165, 1.54) is 0 Å². The highest BCUT2D eigenvalue weighted by Gasteiger charge is 2.39. The van der Waals surface area contributed by atoms with Crippen molar-refractivity contribution in [1.29, 1.82) is 0 Å². The van der Waals surface area contributed by atoms with E-state index in [9.17, 15) is 4.79 Å². The van der Waals surface area contributed by atoms with Gasteiger partial charge in [0.1, 0.15) is 5.69 Å². The smallest absolute Gasteiger partial charge is 0.284 e. The Bertz CT molecular complexity index is 1120. The van der Waals surface area contributed by atoms with Crippen LogP contribution in [0, 0.1) is 0 Å². The fraction of sp³-hybridized carbons (Fsp3) is 0.179. The summed E-state index contributed by atoms with van der Waals surface area (Å²) in [6.45, 7) is 1.38. The van der Waals surface area contributed by atoms with Gasteiger partial charge in [0.25, 0.3) is 5.91 Å². The van der Waals surface area contributed by atoms with E-state index in [0.717, 1.165) is 16.8 Å². The number of pyridine rings is 2. The van der Waals surface area contributed by atoms with Crippen molar-refractivity contribution in [2.24, 2.45) is 0 Å². The molecule has 0 saturated carbocycles. The summed E-state index contributed by atoms with van der Waals surface area (Å²) in [6, 6.07) is 31.8. The van der Waals surface area contributed by atoms with Crippen LogP contribution < -0.4 is 10.7 Å². The first-order valence-corrected chi connectivity index (χ1v) is 11.4. The van der Waals surface area contributed by atoms with Crippen molar-refractivity contribution in [1.82, 2.24) is 25.7 Å². The summed E-state index contributed by atoms with van der Waals surface area (Å²) in [6.07, 6.45) is 4.14. The standard InChI is InChI=1S/C28H29N5O/c1-33(32-27(34)26-17-9-11-20-31-26)28(23-12-4-2-5-13-23,24-14-6-3-7-15-24)18-21-29-22-25-16-8-10-19-30-25/h2-17,19-20,29H,18,21-22H2,1H3,(H,32,34). The van der Waals surface area contributed by atoms with Crippen LogP contribution in [0.5, 0.6) is 0 Å². The number of benzene rings is 2. The number of amides is 1. The Morgan fingerprint density at radius 2 is 1.38 bits per heavy atom. The van der Waals surface area contributed by atoms with Crippen LogP contribution in [0.3, 0.4) is 0 Å². The maximum absolute atomic E-state index is 13.0. The lowest BCUT2D eigenvalue weighted by atomic mass is 9.79. The summed E-state index contributed by atoms with van der Waals surface area (Å²) < 4.78 is 0. The van der Waals surface area contributed by atoms with Gasteiger partial charge in [-0.05, 0) is 48.4 Å². The van der Waals surface area contributed by atoms with Gasteiger partial charge in [-0.15, -0.1) is 0 Å². The molecular weight excluding hydrogens is 422 g/mol. The predicted octanol–water partition coefficient (Wildman–Crippen LogP) is 4.18. The molecule has 2 aromatic carbocycles. The lowest BCUT2D eigenvalue weighted by Crippen LogP contribution is -2.55. The number of carbonyl (C=O) groups excluding carboxylic acids is 1. The van der Waals surface area contributed by atoms with E-state index < -0.39 is 5.54 Å². The first-order valence-electron chi connectivity index (χ1n) is 11.4. The molecule has 0 bridgehead atoms. The van der Waals surface area contributed by atoms with Crippen LogP contribution in [0.1, 0.15) is 33.7 Å². The highest BCUT2D eigenvalue weighted by atomic mass is 16.2. The molecule has 2 N–H and O–H groups in total. The fourth-order valence-corrected chi connectivity index (χ4v) is 4.23. The average molecular weight is 452 g/mol. The zero-order chi connectivity index (χ0) is 23.6. The van der Waals surface area contributed by atoms with E-state index in [0.29, 0.717) is 25.2 Å². The van der Waals surface area contributed by atoms with Crippen molar-refractivity contribution in [3.05, 3.63) is 132 Å². The quantitative estimate of drug-likeness (QED) is 0.280. The first kappa shape index (κ1) is 23.3. The van der Waals surface area contributed by atoms with E-state index in [1.54, 1.807) is 24.5 Å². The fourth-order valence-electron chi connectivity index (χ4n) is 4.23. The molecule has 172 valence electrons. The van der Waals surface area contributed by atoms with Crippen LogP contribution in [0.2, 0.25) is 0 Å². The Kier molecular flexibility index (Phi) is 7.75. The van der Waals surface area contributed by atoms with Gasteiger partial charge < -0.3 is 5.32 Å². The number of hydrogen-bond acceptors (Lipinski definition) is 5. The van der Waals surface area contributed by atoms with Crippen molar-refractivity contribution >= 4 is 5.91 Å². The predicted molar refractivity (Wildman–Crippen MR) is 134 cm³/mol. The number of carbonyl (C=O) groups is 1. The first-order chi connectivity index (χ1) is 16.7. The number of hydrogen-bond donors (Lipinski definition) is 2. The Balaban J connectivity index is 1.65. The average Bonchev–Trinajstić information content (AvgIpc) is 2.91. The van der Waals surface area contributed by atoms with Gasteiger partial charge in [0.15, 0.2) is 0 Å². The van der Waals surface area contributed by atoms with E-state index in [1.807, 2.05) is 72.7 Å². The van der Waals surface area contributed by atoms with Crippen molar-refractivity contribution in [2.75, 3.05) is 13.6 Å². The second-order valence-corrected chi connectivity index (χ2v) is 8.06. The Morgan fingerprint density at radius 3 is 1.94 bits per heavy atom. The lowest BCUT2D eigenvalue weighted by Gasteiger charge is -2.43. The number of nitrogens with zero attached hydrogens (tertiary/aromatic N) is 3. The summed E-state index contributed by atoms with van der Waals surface area (Å²) in [5.41, 5.74) is 6.02. The molecule has 6 nitrogen and oxygen atoms in total. The van der Waals surface area contributed by atoms with Gasteiger partial charge in [-0.2, -0.15) is 0 Å². The van der Waals surface area contributed by atoms with Crippen LogP contribution in [0.25, 0.3) is 0 Å². The number of nitrogens with one attached hydrogen (secondary N) is 2. The molecule has 0 atom stereocenters. The third-order valence-electron chi connectivity index (χ3n) is 5.94. The molecule has 6 heteroatoms. The van der Waals surface area contributed by atoms with Gasteiger partial charge in [-0.3, -0.25) is 20.2 Å². The Labute approximate surface area is 200 Å². The van der Waals surface area contributed by atoms with Gasteiger partial charge >= 0.3 is 0 Å². The van der Waals surface area contributed by atoms with Crippen molar-refractivity contribution in [2.45, 2.75) is 18.5 Å². The van der Waals surface area contributed by atoms with Crippen molar-refractivity contribution in [3.63, 3.8) is 0 Å². The van der Waals surface area contributed by atoms with Crippen LogP contribution in [0.15, 0.2) is 109 Å². The minimum atomic E-state index is -0.607. The second-order valence-electron chi connectivity index (χ2n) is 8.06. The molecule has 0 aliphatic heterocycles. The molecule has 0 spiro atoms. The zero-order valence-electron chi connectivity index (χ0n) is 19.3. The van der Waals surface area contributed by atoms with Crippen LogP contribution in [0.4, 0.5) is 0 Å². The monoisotopic (exact) mass is 451 g/mol. The van der Waals surface area contributed by atoms with Gasteiger partial charge in [0.2, 0.25) is 0 Å². The molecule has 0 aliphatic rings. The lowest BCUT2D eigenvalue weighted by molar-refractivity contribution is 0.0564. The number of rotatable bonds is 10. The largest absolute Gasteiger partial charge is 0.311 e. The van der Waals surface area contributed by atoms with E-state index in [2.05, 4.69) is 45.0 Å². The number of aromatic nitrogens is 2. The third-order valence-corrected chi connectivity index (χ3v) is 5.94. The molecule has 0 radical (unpaired) electrons. The van der Waals surface area contributed by atoms with Crippen LogP contribution in [-0.2, 0) is 12.1 Å². The Morgan fingerprint density at radius 1 is 0.794 bits per heavy atom. The van der Waals surface area contributed by atoms with Gasteiger partial charge in [-0.25, -0.2) is 5.01 Å². The third kappa shape index (κ3) is 5.36. The molecule has 0 fully saturated rings. The second kappa shape index (κ2) is 11.3. The molecule has 0 saturated heterocycles. The van der Waals surface area contributed by atoms with Crippen LogP contribution in [-0.4, -0.2) is 34.5 Å². The SMILES string of the molecule is CN(NC(=O)c1ccccn1)C(CCNCc1ccccn1)(c1ccccc1)c1ccccc1. The summed E-state index contributed by atoms with van der Waals surface area (Å²) in [5, 5.41) is 5.44. The summed E-state index contributed by atoms with van der Waals surface area (Å²) in [4.78, 5) is 21.7. The minimum Gasteiger partial charge on any atom is -0.311 e. The van der Waals surface area contributed by atoms with Gasteiger partial charge in [-0.1, -0.05) is 72.8 Å². The molecule has 2 aromatic heterocycles. The van der Waals surface area contributed by atoms with Crippen molar-refractivity contribution in [3.8, 4) is 0 Å². The molecular formula is C28H29N5O. The van der Waals surface area contributed by atoms with Crippen LogP contribution >= 0.6 is 0 Å². The van der Waals surface area contributed by atoms with Gasteiger partial charge in [0, 0.05) is 26.0 Å². The van der Waals surface area contributed by atoms with E-state index in [4.69, 9.17) is 0 Å². The number of hydrazine groups is 1. The van der Waals surface area contributed by atoms with Crippen molar-refractivity contribution < 1.29 is 4.79 Å². The van der Waals surface area contributed by atoms with E-state index >= 15 is 0 Å². The highest BCUT2D eigenvalue weighted by Crippen LogP contribution is 2.37. The molecule has 4 aromatic rings. The maximum atomic E-state index is 13.0. The molecule has 4 rings (SSSR count). The molecule has 34 heavy (non-hydrogen) atoms. The highest BCUT2D eigenvalue weighted by molar-refractivity contribution is 5.91. The van der Waals surface area contributed by atoms with E-state index in [-0.39, 0.29) is 5.91 Å². The minimum absolute atomic E-state index is 0.249. The topological polar surface area (TPSA) is 70.2 Å². The van der Waals surface area contributed by atoms with Gasteiger partial charge in [0.05, 0.1) is 11.2 Å². The molecule has 2 heterocycles. The summed E-state index contributed by atoms with van der Waals surface area (Å²) >= 11 is 0.